The second-order valence-corrected chi connectivity index (χ2v) is 4.73. The summed E-state index contributed by atoms with van der Waals surface area (Å²) >= 11 is 2.20. The Hall–Kier alpha value is -0.620. The fourth-order valence-electron chi connectivity index (χ4n) is 1.05. The zero-order valence-corrected chi connectivity index (χ0v) is 11.0. The minimum atomic E-state index is -0.00665. The van der Waals surface area contributed by atoms with Gasteiger partial charge in [-0.05, 0) is 34.7 Å². The van der Waals surface area contributed by atoms with Crippen molar-refractivity contribution < 1.29 is 4.79 Å². The molecule has 0 heterocycles. The van der Waals surface area contributed by atoms with Gasteiger partial charge in [0.2, 0.25) is 5.91 Å². The summed E-state index contributed by atoms with van der Waals surface area (Å²) in [4.78, 5) is 11.5. The van der Waals surface area contributed by atoms with Crippen LogP contribution < -0.4 is 10.6 Å². The standard InChI is InChI=1S/C11H15IN2O/c1-8(2)13-7-11(15)14-10-6-4-3-5-9(10)12/h3-6,8,13H,7H2,1-2H3,(H,14,15). The molecule has 1 rings (SSSR count). The molecule has 3 nitrogen and oxygen atoms in total. The van der Waals surface area contributed by atoms with Crippen LogP contribution in [0.4, 0.5) is 5.69 Å². The van der Waals surface area contributed by atoms with Crippen LogP contribution in [0.3, 0.4) is 0 Å². The Morgan fingerprint density at radius 3 is 2.67 bits per heavy atom. The number of para-hydroxylation sites is 1. The third-order valence-electron chi connectivity index (χ3n) is 1.82. The summed E-state index contributed by atoms with van der Waals surface area (Å²) in [5.41, 5.74) is 0.869. The number of halogens is 1. The molecule has 0 saturated carbocycles. The van der Waals surface area contributed by atoms with Crippen LogP contribution in [0.1, 0.15) is 13.8 Å². The van der Waals surface area contributed by atoms with Crippen LogP contribution in [-0.2, 0) is 4.79 Å². The molecule has 0 aliphatic heterocycles. The maximum absolute atomic E-state index is 11.5. The second-order valence-electron chi connectivity index (χ2n) is 3.56. The lowest BCUT2D eigenvalue weighted by atomic mass is 10.3. The Morgan fingerprint density at radius 2 is 2.07 bits per heavy atom. The van der Waals surface area contributed by atoms with E-state index in [1.54, 1.807) is 0 Å². The normalized spacial score (nSPS) is 10.4. The molecule has 15 heavy (non-hydrogen) atoms. The van der Waals surface area contributed by atoms with E-state index in [0.29, 0.717) is 12.6 Å². The number of benzene rings is 1. The van der Waals surface area contributed by atoms with Gasteiger partial charge in [0.1, 0.15) is 0 Å². The van der Waals surface area contributed by atoms with Gasteiger partial charge in [0.05, 0.1) is 12.2 Å². The van der Waals surface area contributed by atoms with E-state index in [2.05, 4.69) is 33.2 Å². The van der Waals surface area contributed by atoms with Crippen molar-refractivity contribution in [2.75, 3.05) is 11.9 Å². The van der Waals surface area contributed by atoms with Gasteiger partial charge in [-0.15, -0.1) is 0 Å². The van der Waals surface area contributed by atoms with Crippen molar-refractivity contribution in [3.8, 4) is 0 Å². The van der Waals surface area contributed by atoms with Crippen molar-refractivity contribution in [2.45, 2.75) is 19.9 Å². The van der Waals surface area contributed by atoms with Gasteiger partial charge in [-0.2, -0.15) is 0 Å². The van der Waals surface area contributed by atoms with E-state index in [1.165, 1.54) is 0 Å². The van der Waals surface area contributed by atoms with Gasteiger partial charge in [-0.3, -0.25) is 4.79 Å². The first-order valence-electron chi connectivity index (χ1n) is 4.87. The molecule has 1 amide bonds. The lowest BCUT2D eigenvalue weighted by molar-refractivity contribution is -0.115. The smallest absolute Gasteiger partial charge is 0.238 e. The third-order valence-corrected chi connectivity index (χ3v) is 2.76. The highest BCUT2D eigenvalue weighted by molar-refractivity contribution is 14.1. The number of amides is 1. The summed E-state index contributed by atoms with van der Waals surface area (Å²) in [6.07, 6.45) is 0. The van der Waals surface area contributed by atoms with Gasteiger partial charge in [0.25, 0.3) is 0 Å². The third kappa shape index (κ3) is 4.61. The molecule has 4 heteroatoms. The fourth-order valence-corrected chi connectivity index (χ4v) is 1.58. The van der Waals surface area contributed by atoms with Gasteiger partial charge in [0, 0.05) is 9.61 Å². The van der Waals surface area contributed by atoms with Crippen molar-refractivity contribution in [1.29, 1.82) is 0 Å². The summed E-state index contributed by atoms with van der Waals surface area (Å²) in [5.74, 6) is -0.00665. The van der Waals surface area contributed by atoms with Gasteiger partial charge < -0.3 is 10.6 Å². The van der Waals surface area contributed by atoms with Crippen molar-refractivity contribution in [3.05, 3.63) is 27.8 Å². The summed E-state index contributed by atoms with van der Waals surface area (Å²) in [6, 6.07) is 8.05. The molecule has 2 N–H and O–H groups in total. The molecular weight excluding hydrogens is 303 g/mol. The summed E-state index contributed by atoms with van der Waals surface area (Å²) in [7, 11) is 0. The van der Waals surface area contributed by atoms with E-state index in [4.69, 9.17) is 0 Å². The molecular formula is C11H15IN2O. The van der Waals surface area contributed by atoms with Crippen LogP contribution in [0.25, 0.3) is 0 Å². The van der Waals surface area contributed by atoms with E-state index in [0.717, 1.165) is 9.26 Å². The maximum Gasteiger partial charge on any atom is 0.238 e. The number of nitrogens with one attached hydrogen (secondary N) is 2. The highest BCUT2D eigenvalue weighted by Crippen LogP contribution is 2.16. The topological polar surface area (TPSA) is 41.1 Å². The number of carbonyl (C=O) groups excluding carboxylic acids is 1. The Balaban J connectivity index is 2.48. The largest absolute Gasteiger partial charge is 0.324 e. The zero-order valence-electron chi connectivity index (χ0n) is 8.88. The molecule has 0 aliphatic rings. The van der Waals surface area contributed by atoms with Crippen LogP contribution in [0.5, 0.6) is 0 Å². The van der Waals surface area contributed by atoms with E-state index in [-0.39, 0.29) is 5.91 Å². The predicted molar refractivity (Wildman–Crippen MR) is 70.9 cm³/mol. The first kappa shape index (κ1) is 12.4. The molecule has 0 atom stereocenters. The zero-order chi connectivity index (χ0) is 11.3. The van der Waals surface area contributed by atoms with E-state index in [9.17, 15) is 4.79 Å². The highest BCUT2D eigenvalue weighted by Gasteiger charge is 2.04. The minimum Gasteiger partial charge on any atom is -0.324 e. The molecule has 0 unspecified atom stereocenters. The molecule has 0 bridgehead atoms. The monoisotopic (exact) mass is 318 g/mol. The second kappa shape index (κ2) is 6.07. The van der Waals surface area contributed by atoms with E-state index >= 15 is 0 Å². The molecule has 1 aromatic rings. The van der Waals surface area contributed by atoms with Gasteiger partial charge in [-0.25, -0.2) is 0 Å². The molecule has 0 spiro atoms. The van der Waals surface area contributed by atoms with Gasteiger partial charge in [-0.1, -0.05) is 26.0 Å². The number of hydrogen-bond acceptors (Lipinski definition) is 2. The van der Waals surface area contributed by atoms with E-state index < -0.39 is 0 Å². The number of anilines is 1. The van der Waals surface area contributed by atoms with Crippen molar-refractivity contribution >= 4 is 34.2 Å². The molecule has 0 aliphatic carbocycles. The SMILES string of the molecule is CC(C)NCC(=O)Nc1ccccc1I. The molecule has 0 aromatic heterocycles. The van der Waals surface area contributed by atoms with Crippen molar-refractivity contribution in [2.24, 2.45) is 0 Å². The number of carbonyl (C=O) groups is 1. The Kier molecular flexibility index (Phi) is 5.04. The molecule has 0 radical (unpaired) electrons. The number of rotatable bonds is 4. The summed E-state index contributed by atoms with van der Waals surface area (Å²) in [5, 5.41) is 5.93. The molecule has 0 saturated heterocycles. The summed E-state index contributed by atoms with van der Waals surface area (Å²) in [6.45, 7) is 4.38. The molecule has 0 fully saturated rings. The minimum absolute atomic E-state index is 0.00665. The van der Waals surface area contributed by atoms with Crippen LogP contribution in [-0.4, -0.2) is 18.5 Å². The van der Waals surface area contributed by atoms with E-state index in [1.807, 2.05) is 38.1 Å². The summed E-state index contributed by atoms with van der Waals surface area (Å²) < 4.78 is 1.05. The number of hydrogen-bond donors (Lipinski definition) is 2. The molecule has 1 aromatic carbocycles. The van der Waals surface area contributed by atoms with Crippen LogP contribution in [0.15, 0.2) is 24.3 Å². The Morgan fingerprint density at radius 1 is 1.40 bits per heavy atom. The van der Waals surface area contributed by atoms with Crippen LogP contribution in [0, 0.1) is 3.57 Å². The lowest BCUT2D eigenvalue weighted by Crippen LogP contribution is -2.32. The maximum atomic E-state index is 11.5. The Labute approximate surface area is 104 Å². The average molecular weight is 318 g/mol. The molecule has 82 valence electrons. The van der Waals surface area contributed by atoms with Crippen molar-refractivity contribution in [1.82, 2.24) is 5.32 Å². The van der Waals surface area contributed by atoms with Crippen LogP contribution in [0.2, 0.25) is 0 Å². The lowest BCUT2D eigenvalue weighted by Gasteiger charge is -2.09. The van der Waals surface area contributed by atoms with Crippen molar-refractivity contribution in [3.63, 3.8) is 0 Å². The van der Waals surface area contributed by atoms with Gasteiger partial charge >= 0.3 is 0 Å². The highest BCUT2D eigenvalue weighted by atomic mass is 127. The van der Waals surface area contributed by atoms with Gasteiger partial charge in [0.15, 0.2) is 0 Å². The predicted octanol–water partition coefficient (Wildman–Crippen LogP) is 2.23. The first-order chi connectivity index (χ1) is 7.09. The first-order valence-corrected chi connectivity index (χ1v) is 5.95. The average Bonchev–Trinajstić information content (AvgIpc) is 2.18. The quantitative estimate of drug-likeness (QED) is 0.836. The fraction of sp³-hybridized carbons (Fsp3) is 0.364. The van der Waals surface area contributed by atoms with Crippen LogP contribution >= 0.6 is 22.6 Å². The Bertz CT molecular complexity index is 339.